The Morgan fingerprint density at radius 3 is 2.59 bits per heavy atom. The quantitative estimate of drug-likeness (QED) is 0.804. The van der Waals surface area contributed by atoms with E-state index in [9.17, 15) is 4.79 Å². The molecule has 1 N–H and O–H groups in total. The lowest BCUT2D eigenvalue weighted by atomic mass is 10.2. The van der Waals surface area contributed by atoms with Gasteiger partial charge in [0.05, 0.1) is 6.54 Å². The fourth-order valence-electron chi connectivity index (χ4n) is 1.57. The highest BCUT2D eigenvalue weighted by atomic mass is 16.4. The van der Waals surface area contributed by atoms with Gasteiger partial charge in [-0.3, -0.25) is 9.69 Å². The first-order valence-electron chi connectivity index (χ1n) is 5.62. The van der Waals surface area contributed by atoms with Crippen LogP contribution < -0.4 is 0 Å². The van der Waals surface area contributed by atoms with Gasteiger partial charge in [-0.05, 0) is 25.6 Å². The Hall–Kier alpha value is -1.79. The van der Waals surface area contributed by atoms with Gasteiger partial charge in [0.1, 0.15) is 6.04 Å². The van der Waals surface area contributed by atoms with Crippen LogP contribution in [0.1, 0.15) is 18.9 Å². The number of nitrogens with zero attached hydrogens (tertiary/aromatic N) is 1. The molecule has 0 spiro atoms. The molecule has 3 nitrogen and oxygen atoms in total. The van der Waals surface area contributed by atoms with Gasteiger partial charge in [0.25, 0.3) is 0 Å². The summed E-state index contributed by atoms with van der Waals surface area (Å²) in [6, 6.07) is 9.21. The van der Waals surface area contributed by atoms with Crippen LogP contribution in [0.4, 0.5) is 0 Å². The van der Waals surface area contributed by atoms with E-state index in [-0.39, 0.29) is 0 Å². The van der Waals surface area contributed by atoms with E-state index >= 15 is 0 Å². The second kappa shape index (κ2) is 6.72. The van der Waals surface area contributed by atoms with Crippen LogP contribution in [0.3, 0.4) is 0 Å². The highest BCUT2D eigenvalue weighted by Gasteiger charge is 2.18. The fourth-order valence-corrected chi connectivity index (χ4v) is 1.57. The monoisotopic (exact) mass is 231 g/mol. The SMILES string of the molecule is CCC(C(=O)O)N(C)CC#Cc1ccccc1. The van der Waals surface area contributed by atoms with E-state index in [2.05, 4.69) is 11.8 Å². The van der Waals surface area contributed by atoms with Crippen molar-refractivity contribution in [2.24, 2.45) is 0 Å². The van der Waals surface area contributed by atoms with Gasteiger partial charge in [0, 0.05) is 5.56 Å². The van der Waals surface area contributed by atoms with E-state index in [1.807, 2.05) is 37.3 Å². The number of carboxylic acid groups (broad SMARTS) is 1. The van der Waals surface area contributed by atoms with Crippen molar-refractivity contribution in [3.63, 3.8) is 0 Å². The van der Waals surface area contributed by atoms with E-state index in [1.54, 1.807) is 11.9 Å². The Morgan fingerprint density at radius 1 is 1.41 bits per heavy atom. The Kier molecular flexibility index (Phi) is 5.25. The third kappa shape index (κ3) is 4.29. The molecule has 0 bridgehead atoms. The number of hydrogen-bond acceptors (Lipinski definition) is 2. The highest BCUT2D eigenvalue weighted by molar-refractivity contribution is 5.73. The lowest BCUT2D eigenvalue weighted by Crippen LogP contribution is -2.38. The van der Waals surface area contributed by atoms with E-state index in [0.29, 0.717) is 13.0 Å². The van der Waals surface area contributed by atoms with Crippen molar-refractivity contribution < 1.29 is 9.90 Å². The largest absolute Gasteiger partial charge is 0.480 e. The van der Waals surface area contributed by atoms with Crippen molar-refractivity contribution in [2.45, 2.75) is 19.4 Å². The molecule has 90 valence electrons. The first-order chi connectivity index (χ1) is 8.15. The van der Waals surface area contributed by atoms with Crippen LogP contribution in [0.15, 0.2) is 30.3 Å². The van der Waals surface area contributed by atoms with Gasteiger partial charge in [0.2, 0.25) is 0 Å². The van der Waals surface area contributed by atoms with E-state index in [4.69, 9.17) is 5.11 Å². The van der Waals surface area contributed by atoms with Gasteiger partial charge < -0.3 is 5.11 Å². The number of rotatable bonds is 4. The third-order valence-corrected chi connectivity index (χ3v) is 2.54. The summed E-state index contributed by atoms with van der Waals surface area (Å²) in [7, 11) is 1.78. The summed E-state index contributed by atoms with van der Waals surface area (Å²) < 4.78 is 0. The maximum atomic E-state index is 10.9. The number of benzene rings is 1. The van der Waals surface area contributed by atoms with Gasteiger partial charge in [-0.15, -0.1) is 0 Å². The number of carboxylic acids is 1. The molecule has 3 heteroatoms. The van der Waals surface area contributed by atoms with E-state index < -0.39 is 12.0 Å². The van der Waals surface area contributed by atoms with Gasteiger partial charge in [-0.25, -0.2) is 0 Å². The zero-order valence-electron chi connectivity index (χ0n) is 10.2. The van der Waals surface area contributed by atoms with Gasteiger partial charge in [-0.1, -0.05) is 37.0 Å². The normalized spacial score (nSPS) is 11.7. The zero-order valence-corrected chi connectivity index (χ0v) is 10.2. The molecular formula is C14H17NO2. The summed E-state index contributed by atoms with van der Waals surface area (Å²) in [6.07, 6.45) is 0.582. The smallest absolute Gasteiger partial charge is 0.320 e. The maximum Gasteiger partial charge on any atom is 0.320 e. The average molecular weight is 231 g/mol. The van der Waals surface area contributed by atoms with Crippen molar-refractivity contribution in [1.29, 1.82) is 0 Å². The predicted molar refractivity (Wildman–Crippen MR) is 67.7 cm³/mol. The number of aliphatic carboxylic acids is 1. The molecule has 1 aromatic carbocycles. The summed E-state index contributed by atoms with van der Waals surface area (Å²) in [4.78, 5) is 12.7. The topological polar surface area (TPSA) is 40.5 Å². The minimum atomic E-state index is -0.795. The van der Waals surface area contributed by atoms with Crippen molar-refractivity contribution in [3.8, 4) is 11.8 Å². The summed E-state index contributed by atoms with van der Waals surface area (Å²) in [5, 5.41) is 8.97. The summed E-state index contributed by atoms with van der Waals surface area (Å²) >= 11 is 0. The second-order valence-corrected chi connectivity index (χ2v) is 3.85. The molecule has 1 aromatic rings. The highest BCUT2D eigenvalue weighted by Crippen LogP contribution is 2.01. The van der Waals surface area contributed by atoms with Crippen LogP contribution in [-0.4, -0.2) is 35.6 Å². The Morgan fingerprint density at radius 2 is 2.06 bits per heavy atom. The van der Waals surface area contributed by atoms with Crippen LogP contribution in [0, 0.1) is 11.8 Å². The number of hydrogen-bond donors (Lipinski definition) is 1. The molecule has 1 unspecified atom stereocenters. The minimum Gasteiger partial charge on any atom is -0.480 e. The summed E-state index contributed by atoms with van der Waals surface area (Å²) in [5.41, 5.74) is 0.948. The molecule has 0 aliphatic carbocycles. The van der Waals surface area contributed by atoms with Crippen LogP contribution in [0.25, 0.3) is 0 Å². The number of likely N-dealkylation sites (N-methyl/N-ethyl adjacent to an activating group) is 1. The van der Waals surface area contributed by atoms with Crippen LogP contribution in [0.2, 0.25) is 0 Å². The molecular weight excluding hydrogens is 214 g/mol. The van der Waals surface area contributed by atoms with Crippen molar-refractivity contribution in [3.05, 3.63) is 35.9 Å². The van der Waals surface area contributed by atoms with Crippen LogP contribution in [0.5, 0.6) is 0 Å². The molecule has 0 saturated heterocycles. The summed E-state index contributed by atoms with van der Waals surface area (Å²) in [6.45, 7) is 2.32. The second-order valence-electron chi connectivity index (χ2n) is 3.85. The minimum absolute atomic E-state index is 0.458. The molecule has 0 amide bonds. The zero-order chi connectivity index (χ0) is 12.7. The van der Waals surface area contributed by atoms with Crippen molar-refractivity contribution in [1.82, 2.24) is 4.90 Å². The summed E-state index contributed by atoms with van der Waals surface area (Å²) in [5.74, 6) is 5.20. The lowest BCUT2D eigenvalue weighted by molar-refractivity contribution is -0.142. The van der Waals surface area contributed by atoms with E-state index in [0.717, 1.165) is 5.56 Å². The lowest BCUT2D eigenvalue weighted by Gasteiger charge is -2.20. The first kappa shape index (κ1) is 13.3. The maximum absolute atomic E-state index is 10.9. The molecule has 1 atom stereocenters. The Bertz CT molecular complexity index is 417. The van der Waals surface area contributed by atoms with Crippen LogP contribution >= 0.6 is 0 Å². The van der Waals surface area contributed by atoms with Gasteiger partial charge in [0.15, 0.2) is 0 Å². The first-order valence-corrected chi connectivity index (χ1v) is 5.62. The molecule has 1 rings (SSSR count). The van der Waals surface area contributed by atoms with Gasteiger partial charge in [-0.2, -0.15) is 0 Å². The Balaban J connectivity index is 2.56. The third-order valence-electron chi connectivity index (χ3n) is 2.54. The molecule has 0 fully saturated rings. The molecule has 0 saturated carbocycles. The van der Waals surface area contributed by atoms with Crippen molar-refractivity contribution >= 4 is 5.97 Å². The predicted octanol–water partition coefficient (Wildman–Crippen LogP) is 1.83. The van der Waals surface area contributed by atoms with Gasteiger partial charge >= 0.3 is 5.97 Å². The molecule has 0 radical (unpaired) electrons. The molecule has 0 heterocycles. The number of carbonyl (C=O) groups is 1. The molecule has 0 aromatic heterocycles. The standard InChI is InChI=1S/C14H17NO2/c1-3-13(14(16)17)15(2)11-7-10-12-8-5-4-6-9-12/h4-6,8-9,13H,3,11H2,1-2H3,(H,16,17). The fraction of sp³-hybridized carbons (Fsp3) is 0.357. The molecule has 17 heavy (non-hydrogen) atoms. The van der Waals surface area contributed by atoms with E-state index in [1.165, 1.54) is 0 Å². The average Bonchev–Trinajstić information content (AvgIpc) is 2.30. The van der Waals surface area contributed by atoms with Crippen LogP contribution in [-0.2, 0) is 4.79 Å². The Labute approximate surface area is 102 Å². The van der Waals surface area contributed by atoms with Crippen molar-refractivity contribution in [2.75, 3.05) is 13.6 Å². The molecule has 0 aliphatic rings. The molecule has 0 aliphatic heterocycles.